The van der Waals surface area contributed by atoms with E-state index in [4.69, 9.17) is 9.47 Å². The molecular formula is C29H35F3N4O5. The molecule has 2 heterocycles. The molecule has 9 nitrogen and oxygen atoms in total. The molecule has 41 heavy (non-hydrogen) atoms. The molecule has 5 rings (SSSR count). The number of rotatable bonds is 8. The van der Waals surface area contributed by atoms with Gasteiger partial charge in [-0.05, 0) is 56.4 Å². The Labute approximate surface area is 236 Å². The summed E-state index contributed by atoms with van der Waals surface area (Å²) in [5, 5.41) is 14.0. The second kappa shape index (κ2) is 12.2. The van der Waals surface area contributed by atoms with Crippen LogP contribution in [0.25, 0.3) is 0 Å². The van der Waals surface area contributed by atoms with Gasteiger partial charge in [0.05, 0.1) is 11.0 Å². The summed E-state index contributed by atoms with van der Waals surface area (Å²) in [6, 6.07) is 9.18. The van der Waals surface area contributed by atoms with Gasteiger partial charge < -0.3 is 19.7 Å². The van der Waals surface area contributed by atoms with Crippen molar-refractivity contribution in [2.75, 3.05) is 44.6 Å². The Hall–Kier alpha value is -3.38. The highest BCUT2D eigenvalue weighted by atomic mass is 19.4. The highest BCUT2D eigenvalue weighted by Crippen LogP contribution is 2.38. The van der Waals surface area contributed by atoms with Crippen molar-refractivity contribution in [1.29, 1.82) is 0 Å². The molecule has 1 aliphatic carbocycles. The lowest BCUT2D eigenvalue weighted by molar-refractivity contribution is -0.388. The van der Waals surface area contributed by atoms with E-state index in [0.717, 1.165) is 43.9 Å². The van der Waals surface area contributed by atoms with E-state index in [2.05, 4.69) is 29.3 Å². The molecule has 1 N–H and O–H groups in total. The number of amides is 1. The number of benzene rings is 2. The van der Waals surface area contributed by atoms with Crippen molar-refractivity contribution in [1.82, 2.24) is 9.80 Å². The van der Waals surface area contributed by atoms with E-state index in [9.17, 15) is 28.1 Å². The largest absolute Gasteiger partial charge is 0.488 e. The molecule has 0 bridgehead atoms. The van der Waals surface area contributed by atoms with Crippen LogP contribution >= 0.6 is 0 Å². The van der Waals surface area contributed by atoms with Crippen LogP contribution in [-0.4, -0.2) is 78.2 Å². The van der Waals surface area contributed by atoms with Gasteiger partial charge in [0.2, 0.25) is 5.91 Å². The fourth-order valence-corrected chi connectivity index (χ4v) is 5.92. The van der Waals surface area contributed by atoms with E-state index in [0.29, 0.717) is 38.8 Å². The van der Waals surface area contributed by atoms with Crippen molar-refractivity contribution in [3.8, 4) is 5.75 Å². The molecule has 3 aliphatic rings. The average Bonchev–Trinajstić information content (AvgIpc) is 3.33. The van der Waals surface area contributed by atoms with Crippen molar-refractivity contribution >= 4 is 17.3 Å². The van der Waals surface area contributed by atoms with Crippen LogP contribution in [0.3, 0.4) is 0 Å². The molecule has 1 unspecified atom stereocenters. The first kappa shape index (κ1) is 29.1. The number of hydrogen-bond acceptors (Lipinski definition) is 7. The summed E-state index contributed by atoms with van der Waals surface area (Å²) in [6.07, 6.45) is -1.22. The smallest absolute Gasteiger partial charge is 0.423 e. The third-order valence-corrected chi connectivity index (χ3v) is 8.13. The summed E-state index contributed by atoms with van der Waals surface area (Å²) in [5.74, 6) is 0.939. The maximum Gasteiger partial charge on any atom is 0.423 e. The third kappa shape index (κ3) is 7.28. The molecule has 0 spiro atoms. The van der Waals surface area contributed by atoms with Gasteiger partial charge in [0.15, 0.2) is 0 Å². The number of nitro benzene ring substituents is 1. The molecule has 12 heteroatoms. The molecule has 0 radical (unpaired) electrons. The van der Waals surface area contributed by atoms with Gasteiger partial charge in [-0.1, -0.05) is 17.7 Å². The second-order valence-corrected chi connectivity index (χ2v) is 11.2. The minimum atomic E-state index is -4.82. The number of anilines is 1. The number of fused-ring (bicyclic) bond motifs is 1. The molecule has 2 aromatic rings. The SMILES string of the molecule is Cc1ccc2c(c1)CC(CN1CCN(C(=O)COC3CCC(Nc4ccc([N+](=O)[O-])c(C(F)(F)F)c4)CC3)CC1)O2. The maximum absolute atomic E-state index is 13.3. The Morgan fingerprint density at radius 2 is 1.83 bits per heavy atom. The minimum Gasteiger partial charge on any atom is -0.488 e. The molecule has 1 atom stereocenters. The number of nitrogens with one attached hydrogen (secondary N) is 1. The van der Waals surface area contributed by atoms with E-state index in [-0.39, 0.29) is 36.5 Å². The first-order valence-electron chi connectivity index (χ1n) is 14.1. The minimum absolute atomic E-state index is 0.0143. The summed E-state index contributed by atoms with van der Waals surface area (Å²) in [4.78, 5) is 26.9. The molecule has 2 fully saturated rings. The predicted molar refractivity (Wildman–Crippen MR) is 146 cm³/mol. The highest BCUT2D eigenvalue weighted by molar-refractivity contribution is 5.77. The van der Waals surface area contributed by atoms with Crippen molar-refractivity contribution in [2.45, 2.75) is 63.5 Å². The monoisotopic (exact) mass is 576 g/mol. The molecule has 222 valence electrons. The topological polar surface area (TPSA) is 97.2 Å². The van der Waals surface area contributed by atoms with Gasteiger partial charge in [-0.3, -0.25) is 19.8 Å². The molecule has 1 amide bonds. The van der Waals surface area contributed by atoms with Gasteiger partial charge in [0.25, 0.3) is 5.69 Å². The number of halogens is 3. The summed E-state index contributed by atoms with van der Waals surface area (Å²) >= 11 is 0. The number of piperazine rings is 1. The maximum atomic E-state index is 13.3. The molecule has 0 aromatic heterocycles. The van der Waals surface area contributed by atoms with Gasteiger partial charge in [-0.25, -0.2) is 0 Å². The van der Waals surface area contributed by atoms with Gasteiger partial charge in [-0.2, -0.15) is 13.2 Å². The number of nitrogens with zero attached hydrogens (tertiary/aromatic N) is 3. The number of hydrogen-bond donors (Lipinski definition) is 1. The van der Waals surface area contributed by atoms with Gasteiger partial charge in [0, 0.05) is 56.9 Å². The van der Waals surface area contributed by atoms with E-state index in [1.54, 1.807) is 0 Å². The number of ether oxygens (including phenoxy) is 2. The molecule has 1 saturated heterocycles. The van der Waals surface area contributed by atoms with Gasteiger partial charge in [0.1, 0.15) is 24.0 Å². The zero-order valence-corrected chi connectivity index (χ0v) is 23.0. The Morgan fingerprint density at radius 3 is 2.51 bits per heavy atom. The van der Waals surface area contributed by atoms with Crippen LogP contribution in [0.5, 0.6) is 5.75 Å². The summed E-state index contributed by atoms with van der Waals surface area (Å²) in [7, 11) is 0. The Morgan fingerprint density at radius 1 is 1.10 bits per heavy atom. The van der Waals surface area contributed by atoms with Crippen molar-refractivity contribution in [3.05, 3.63) is 63.2 Å². The van der Waals surface area contributed by atoms with Gasteiger partial charge in [-0.15, -0.1) is 0 Å². The summed E-state index contributed by atoms with van der Waals surface area (Å²) in [5.41, 5.74) is 0.456. The van der Waals surface area contributed by atoms with Crippen LogP contribution in [-0.2, 0) is 22.1 Å². The van der Waals surface area contributed by atoms with Gasteiger partial charge >= 0.3 is 6.18 Å². The van der Waals surface area contributed by atoms with Crippen molar-refractivity contribution < 1.29 is 32.4 Å². The fraction of sp³-hybridized carbons (Fsp3) is 0.552. The lowest BCUT2D eigenvalue weighted by Gasteiger charge is -2.36. The second-order valence-electron chi connectivity index (χ2n) is 11.2. The van der Waals surface area contributed by atoms with Crippen LogP contribution in [0.2, 0.25) is 0 Å². The zero-order valence-electron chi connectivity index (χ0n) is 23.0. The van der Waals surface area contributed by atoms with Crippen LogP contribution in [0.1, 0.15) is 42.4 Å². The van der Waals surface area contributed by atoms with Crippen molar-refractivity contribution in [2.24, 2.45) is 0 Å². The first-order valence-corrected chi connectivity index (χ1v) is 14.1. The number of aryl methyl sites for hydroxylation is 1. The lowest BCUT2D eigenvalue weighted by atomic mass is 9.92. The normalized spacial score (nSPS) is 23.1. The van der Waals surface area contributed by atoms with Crippen LogP contribution in [0, 0.1) is 17.0 Å². The van der Waals surface area contributed by atoms with Crippen LogP contribution < -0.4 is 10.1 Å². The lowest BCUT2D eigenvalue weighted by Crippen LogP contribution is -2.51. The average molecular weight is 577 g/mol. The highest BCUT2D eigenvalue weighted by Gasteiger charge is 2.38. The Kier molecular flexibility index (Phi) is 8.69. The van der Waals surface area contributed by atoms with Crippen LogP contribution in [0.4, 0.5) is 24.5 Å². The standard InChI is InChI=1S/C29H35F3N4O5/c1-19-2-9-27-20(14-19)15-24(41-27)17-34-10-12-35(13-11-34)28(37)18-40-23-6-3-21(4-7-23)33-22-5-8-26(36(38)39)25(16-22)29(30,31)32/h2,5,8-9,14,16,21,23-24,33H,3-4,6-7,10-13,15,17-18H2,1H3. The van der Waals surface area contributed by atoms with E-state index in [1.807, 2.05) is 11.0 Å². The molecule has 2 aliphatic heterocycles. The zero-order chi connectivity index (χ0) is 29.1. The molecule has 2 aromatic carbocycles. The number of carbonyl (C=O) groups excluding carboxylic acids is 1. The molecular weight excluding hydrogens is 541 g/mol. The Bertz CT molecular complexity index is 1260. The number of nitro groups is 1. The van der Waals surface area contributed by atoms with E-state index in [1.165, 1.54) is 17.2 Å². The quantitative estimate of drug-likeness (QED) is 0.356. The third-order valence-electron chi connectivity index (χ3n) is 8.13. The summed E-state index contributed by atoms with van der Waals surface area (Å²) in [6.45, 7) is 5.80. The summed E-state index contributed by atoms with van der Waals surface area (Å²) < 4.78 is 51.8. The van der Waals surface area contributed by atoms with E-state index < -0.39 is 22.4 Å². The Balaban J connectivity index is 1.00. The first-order chi connectivity index (χ1) is 19.5. The van der Waals surface area contributed by atoms with Crippen molar-refractivity contribution in [3.63, 3.8) is 0 Å². The van der Waals surface area contributed by atoms with E-state index >= 15 is 0 Å². The van der Waals surface area contributed by atoms with Crippen LogP contribution in [0.15, 0.2) is 36.4 Å². The molecule has 1 saturated carbocycles. The number of carbonyl (C=O) groups is 1. The fourth-order valence-electron chi connectivity index (χ4n) is 5.92. The number of alkyl halides is 3. The predicted octanol–water partition coefficient (Wildman–Crippen LogP) is 4.81.